The van der Waals surface area contributed by atoms with E-state index in [-0.39, 0.29) is 17.9 Å². The average Bonchev–Trinajstić information content (AvgIpc) is 2.67. The Hall–Kier alpha value is -1.14. The molecule has 0 aromatic heterocycles. The number of hydrogen-bond donors (Lipinski definition) is 1. The summed E-state index contributed by atoms with van der Waals surface area (Å²) in [5.74, 6) is -0.275. The molecule has 2 amide bonds. The van der Waals surface area contributed by atoms with Crippen LogP contribution in [-0.4, -0.2) is 49.6 Å². The molecule has 2 rings (SSSR count). The fraction of sp³-hybridized carbons (Fsp3) is 0.462. The van der Waals surface area contributed by atoms with E-state index in [1.807, 2.05) is 7.05 Å². The van der Waals surface area contributed by atoms with Crippen molar-refractivity contribution in [1.82, 2.24) is 15.1 Å². The van der Waals surface area contributed by atoms with E-state index in [4.69, 9.17) is 0 Å². The van der Waals surface area contributed by atoms with Gasteiger partial charge in [0.1, 0.15) is 5.82 Å². The minimum atomic E-state index is -0.275. The zero-order chi connectivity index (χ0) is 14.0. The van der Waals surface area contributed by atoms with E-state index in [9.17, 15) is 9.18 Å². The number of likely N-dealkylation sites (N-methyl/N-ethyl adjacent to an activating group) is 2. The van der Waals surface area contributed by atoms with Gasteiger partial charge in [0.15, 0.2) is 0 Å². The first kappa shape index (κ1) is 14.3. The van der Waals surface area contributed by atoms with Gasteiger partial charge in [0.05, 0.1) is 6.04 Å². The quantitative estimate of drug-likeness (QED) is 0.919. The lowest BCUT2D eigenvalue weighted by Gasteiger charge is -2.18. The zero-order valence-electron chi connectivity index (χ0n) is 11.0. The highest BCUT2D eigenvalue weighted by Crippen LogP contribution is 2.31. The fourth-order valence-electron chi connectivity index (χ4n) is 2.28. The highest BCUT2D eigenvalue weighted by Gasteiger charge is 2.36. The minimum Gasteiger partial charge on any atom is -0.321 e. The number of carbonyl (C=O) groups is 1. The Kier molecular flexibility index (Phi) is 4.42. The molecule has 1 fully saturated rings. The number of urea groups is 1. The van der Waals surface area contributed by atoms with E-state index in [0.29, 0.717) is 18.7 Å². The molecule has 1 aliphatic heterocycles. The molecule has 0 bridgehead atoms. The standard InChI is InChI=1S/C13H17BrFN3O/c1-16-5-6-18-8-12(17(2)13(18)19)10-7-9(14)3-4-11(10)15/h3-4,7,12,16H,5-6,8H2,1-2H3. The molecule has 0 aliphatic carbocycles. The van der Waals surface area contributed by atoms with Gasteiger partial charge in [-0.2, -0.15) is 0 Å². The van der Waals surface area contributed by atoms with Gasteiger partial charge in [0.2, 0.25) is 0 Å². The molecule has 1 saturated heterocycles. The SMILES string of the molecule is CNCCN1CC(c2cc(Br)ccc2F)N(C)C1=O. The van der Waals surface area contributed by atoms with E-state index in [2.05, 4.69) is 21.2 Å². The van der Waals surface area contributed by atoms with Crippen LogP contribution in [0.15, 0.2) is 22.7 Å². The van der Waals surface area contributed by atoms with Crippen molar-refractivity contribution in [2.75, 3.05) is 33.7 Å². The van der Waals surface area contributed by atoms with Gasteiger partial charge < -0.3 is 15.1 Å². The van der Waals surface area contributed by atoms with Crippen LogP contribution in [0.25, 0.3) is 0 Å². The number of hydrogen-bond acceptors (Lipinski definition) is 2. The minimum absolute atomic E-state index is 0.0559. The maximum Gasteiger partial charge on any atom is 0.320 e. The van der Waals surface area contributed by atoms with Crippen LogP contribution < -0.4 is 5.32 Å². The smallest absolute Gasteiger partial charge is 0.320 e. The van der Waals surface area contributed by atoms with E-state index in [0.717, 1.165) is 11.0 Å². The number of rotatable bonds is 4. The maximum atomic E-state index is 13.9. The van der Waals surface area contributed by atoms with Crippen LogP contribution in [0.2, 0.25) is 0 Å². The molecule has 6 heteroatoms. The summed E-state index contributed by atoms with van der Waals surface area (Å²) in [7, 11) is 3.56. The Morgan fingerprint density at radius 2 is 2.26 bits per heavy atom. The molecule has 1 unspecified atom stereocenters. The van der Waals surface area contributed by atoms with Gasteiger partial charge in [-0.1, -0.05) is 15.9 Å². The second-order valence-corrected chi connectivity index (χ2v) is 5.54. The van der Waals surface area contributed by atoms with Crippen molar-refractivity contribution in [1.29, 1.82) is 0 Å². The molecule has 1 aliphatic rings. The number of carbonyl (C=O) groups excluding carboxylic acids is 1. The fourth-order valence-corrected chi connectivity index (χ4v) is 2.66. The predicted molar refractivity (Wildman–Crippen MR) is 75.5 cm³/mol. The molecule has 1 aromatic carbocycles. The molecule has 104 valence electrons. The normalized spacial score (nSPS) is 19.4. The van der Waals surface area contributed by atoms with Crippen molar-refractivity contribution in [2.45, 2.75) is 6.04 Å². The second-order valence-electron chi connectivity index (χ2n) is 4.62. The van der Waals surface area contributed by atoms with Crippen LogP contribution in [0, 0.1) is 5.82 Å². The Labute approximate surface area is 120 Å². The van der Waals surface area contributed by atoms with Crippen molar-refractivity contribution in [3.63, 3.8) is 0 Å². The first-order chi connectivity index (χ1) is 9.04. The van der Waals surface area contributed by atoms with Crippen LogP contribution in [0.1, 0.15) is 11.6 Å². The van der Waals surface area contributed by atoms with Crippen LogP contribution in [-0.2, 0) is 0 Å². The van der Waals surface area contributed by atoms with Crippen molar-refractivity contribution >= 4 is 22.0 Å². The van der Waals surface area contributed by atoms with Crippen LogP contribution >= 0.6 is 15.9 Å². The third kappa shape index (κ3) is 2.90. The number of halogens is 2. The molecule has 1 heterocycles. The number of amides is 2. The second kappa shape index (κ2) is 5.88. The summed E-state index contributed by atoms with van der Waals surface area (Å²) in [5.41, 5.74) is 0.553. The summed E-state index contributed by atoms with van der Waals surface area (Å²) in [6.07, 6.45) is 0. The Morgan fingerprint density at radius 1 is 1.53 bits per heavy atom. The zero-order valence-corrected chi connectivity index (χ0v) is 12.6. The van der Waals surface area contributed by atoms with Gasteiger partial charge >= 0.3 is 6.03 Å². The highest BCUT2D eigenvalue weighted by molar-refractivity contribution is 9.10. The molecule has 0 spiro atoms. The number of benzene rings is 1. The molecular formula is C13H17BrFN3O. The Bertz CT molecular complexity index is 483. The summed E-state index contributed by atoms with van der Waals surface area (Å²) in [5, 5.41) is 3.01. The van der Waals surface area contributed by atoms with E-state index >= 15 is 0 Å². The first-order valence-corrected chi connectivity index (χ1v) is 6.95. The Morgan fingerprint density at radius 3 is 2.95 bits per heavy atom. The molecule has 1 aromatic rings. The lowest BCUT2D eigenvalue weighted by Crippen LogP contribution is -2.34. The summed E-state index contributed by atoms with van der Waals surface area (Å²) in [4.78, 5) is 15.4. The van der Waals surface area contributed by atoms with Gasteiger partial charge in [-0.15, -0.1) is 0 Å². The van der Waals surface area contributed by atoms with Gasteiger partial charge in [-0.25, -0.2) is 9.18 Å². The molecule has 0 saturated carbocycles. The molecule has 19 heavy (non-hydrogen) atoms. The topological polar surface area (TPSA) is 35.6 Å². The molecular weight excluding hydrogens is 313 g/mol. The van der Waals surface area contributed by atoms with E-state index < -0.39 is 0 Å². The van der Waals surface area contributed by atoms with Crippen molar-refractivity contribution < 1.29 is 9.18 Å². The Balaban J connectivity index is 2.21. The van der Waals surface area contributed by atoms with Gasteiger partial charge in [0.25, 0.3) is 0 Å². The van der Waals surface area contributed by atoms with Gasteiger partial charge in [0, 0.05) is 36.7 Å². The predicted octanol–water partition coefficient (Wildman–Crippen LogP) is 2.22. The summed E-state index contributed by atoms with van der Waals surface area (Å²) < 4.78 is 14.7. The van der Waals surface area contributed by atoms with E-state index in [1.165, 1.54) is 6.07 Å². The molecule has 4 nitrogen and oxygen atoms in total. The monoisotopic (exact) mass is 329 g/mol. The summed E-state index contributed by atoms with van der Waals surface area (Å²) in [6.45, 7) is 1.88. The van der Waals surface area contributed by atoms with Crippen LogP contribution in [0.3, 0.4) is 0 Å². The largest absolute Gasteiger partial charge is 0.321 e. The molecule has 1 N–H and O–H groups in total. The lowest BCUT2D eigenvalue weighted by atomic mass is 10.1. The third-order valence-corrected chi connectivity index (χ3v) is 3.88. The van der Waals surface area contributed by atoms with Gasteiger partial charge in [-0.05, 0) is 25.2 Å². The third-order valence-electron chi connectivity index (χ3n) is 3.38. The van der Waals surface area contributed by atoms with Crippen LogP contribution in [0.4, 0.5) is 9.18 Å². The molecule has 0 radical (unpaired) electrons. The van der Waals surface area contributed by atoms with Crippen molar-refractivity contribution in [3.05, 3.63) is 34.1 Å². The van der Waals surface area contributed by atoms with Crippen LogP contribution in [0.5, 0.6) is 0 Å². The van der Waals surface area contributed by atoms with Gasteiger partial charge in [-0.3, -0.25) is 0 Å². The number of nitrogens with zero attached hydrogens (tertiary/aromatic N) is 2. The maximum absolute atomic E-state index is 13.9. The van der Waals surface area contributed by atoms with E-state index in [1.54, 1.807) is 29.0 Å². The number of nitrogens with one attached hydrogen (secondary N) is 1. The lowest BCUT2D eigenvalue weighted by molar-refractivity contribution is 0.195. The summed E-state index contributed by atoms with van der Waals surface area (Å²) in [6, 6.07) is 4.54. The first-order valence-electron chi connectivity index (χ1n) is 6.16. The van der Waals surface area contributed by atoms with Crippen molar-refractivity contribution in [2.24, 2.45) is 0 Å². The average molecular weight is 330 g/mol. The highest BCUT2D eigenvalue weighted by atomic mass is 79.9. The molecule has 1 atom stereocenters. The summed E-state index contributed by atoms with van der Waals surface area (Å²) >= 11 is 3.34. The van der Waals surface area contributed by atoms with Crippen molar-refractivity contribution in [3.8, 4) is 0 Å².